The van der Waals surface area contributed by atoms with Crippen molar-refractivity contribution in [2.75, 3.05) is 31.3 Å². The number of amides is 6. The fraction of sp³-hybridized carbons (Fsp3) is 0.661. The van der Waals surface area contributed by atoms with Gasteiger partial charge in [0.2, 0.25) is 29.4 Å². The molecule has 1 aromatic rings. The maximum absolute atomic E-state index is 14.6. The second-order valence-corrected chi connectivity index (χ2v) is 24.3. The molecule has 438 valence electrons. The van der Waals surface area contributed by atoms with E-state index in [-0.39, 0.29) is 116 Å². The lowest BCUT2D eigenvalue weighted by Crippen LogP contribution is -2.63. The highest BCUT2D eigenvalue weighted by atomic mass is 32.2. The van der Waals surface area contributed by atoms with Crippen molar-refractivity contribution in [1.29, 1.82) is 0 Å². The quantitative estimate of drug-likeness (QED) is 0.0368. The lowest BCUT2D eigenvalue weighted by atomic mass is 9.46. The van der Waals surface area contributed by atoms with Crippen LogP contribution < -0.4 is 21.7 Å². The van der Waals surface area contributed by atoms with Crippen LogP contribution in [0, 0.1) is 40.4 Å². The number of hydrogen-bond acceptors (Lipinski definition) is 16. The molecule has 6 amide bonds. The van der Waals surface area contributed by atoms with E-state index in [2.05, 4.69) is 22.9 Å². The predicted molar refractivity (Wildman–Crippen MR) is 295 cm³/mol. The molecule has 6 aliphatic rings. The maximum Gasteiger partial charge on any atom is 0.312 e. The number of fused-ring (bicyclic) bond motifs is 7. The number of Topliss-reactive ketones (excluding diaryl/α,β-unsaturated/α-hetero) is 2. The first kappa shape index (κ1) is 61.8. The summed E-state index contributed by atoms with van der Waals surface area (Å²) in [7, 11) is 0. The summed E-state index contributed by atoms with van der Waals surface area (Å²) in [6.45, 7) is 9.39. The predicted octanol–water partition coefficient (Wildman–Crippen LogP) is 5.95. The van der Waals surface area contributed by atoms with Crippen LogP contribution in [0.5, 0.6) is 0 Å². The zero-order chi connectivity index (χ0) is 58.1. The third kappa shape index (κ3) is 13.8. The summed E-state index contributed by atoms with van der Waals surface area (Å²) >= 11 is 1.36. The van der Waals surface area contributed by atoms with Gasteiger partial charge in [-0.1, -0.05) is 71.2 Å². The van der Waals surface area contributed by atoms with Crippen molar-refractivity contribution in [2.45, 2.75) is 179 Å². The highest BCUT2D eigenvalue weighted by molar-refractivity contribution is 8.00. The topological polar surface area (TPSA) is 293 Å². The zero-order valence-electron chi connectivity index (χ0n) is 47.1. The number of primary amides is 1. The van der Waals surface area contributed by atoms with E-state index in [0.717, 1.165) is 18.4 Å². The lowest BCUT2D eigenvalue weighted by molar-refractivity contribution is -0.201. The van der Waals surface area contributed by atoms with Crippen LogP contribution in [0.2, 0.25) is 0 Å². The number of benzene rings is 1. The fourth-order valence-corrected chi connectivity index (χ4v) is 14.3. The number of nitrogens with zero attached hydrogens (tertiary/aromatic N) is 1. The van der Waals surface area contributed by atoms with Gasteiger partial charge in [0.15, 0.2) is 30.1 Å². The van der Waals surface area contributed by atoms with Crippen LogP contribution >= 0.6 is 11.8 Å². The van der Waals surface area contributed by atoms with Crippen molar-refractivity contribution in [1.82, 2.24) is 15.5 Å². The monoisotopic (exact) mass is 1130 g/mol. The van der Waals surface area contributed by atoms with Crippen LogP contribution in [-0.4, -0.2) is 130 Å². The fourth-order valence-electron chi connectivity index (χ4n) is 13.6. The van der Waals surface area contributed by atoms with Gasteiger partial charge in [0.25, 0.3) is 0 Å². The number of thioether (sulfide) groups is 1. The number of unbranched alkanes of at least 4 members (excludes halogenated alkanes) is 2. The number of aliphatic hydroxyl groups excluding tert-OH is 1. The Bertz CT molecular complexity index is 2590. The van der Waals surface area contributed by atoms with Crippen LogP contribution in [0.15, 0.2) is 48.1 Å². The second kappa shape index (κ2) is 26.9. The van der Waals surface area contributed by atoms with Gasteiger partial charge >= 0.3 is 18.0 Å². The Morgan fingerprint density at radius 1 is 0.963 bits per heavy atom. The second-order valence-electron chi connectivity index (χ2n) is 23.3. The van der Waals surface area contributed by atoms with Gasteiger partial charge in [-0.2, -0.15) is 11.8 Å². The zero-order valence-corrected chi connectivity index (χ0v) is 47.9. The van der Waals surface area contributed by atoms with Gasteiger partial charge in [0, 0.05) is 60.7 Å². The summed E-state index contributed by atoms with van der Waals surface area (Å²) in [5.74, 6) is -4.77. The average molecular weight is 1130 g/mol. The first-order valence-electron chi connectivity index (χ1n) is 28.5. The molecular formula is C59H81N5O15S. The van der Waals surface area contributed by atoms with Crippen molar-refractivity contribution in [2.24, 2.45) is 46.2 Å². The van der Waals surface area contributed by atoms with Crippen molar-refractivity contribution in [3.05, 3.63) is 53.6 Å². The molecule has 6 N–H and O–H groups in total. The van der Waals surface area contributed by atoms with Gasteiger partial charge in [-0.05, 0) is 112 Å². The molecule has 3 saturated carbocycles. The number of rotatable bonds is 28. The Hall–Kier alpha value is -5.77. The summed E-state index contributed by atoms with van der Waals surface area (Å²) < 4.78 is 24.1. The van der Waals surface area contributed by atoms with E-state index in [0.29, 0.717) is 62.7 Å². The molecule has 2 aliphatic heterocycles. The number of esters is 2. The van der Waals surface area contributed by atoms with Crippen molar-refractivity contribution in [3.8, 4) is 0 Å². The minimum Gasteiger partial charge on any atom is -0.461 e. The molecule has 5 fully saturated rings. The molecule has 12 atom stereocenters. The number of carbonyl (C=O) groups excluding carboxylic acids is 10. The Labute approximate surface area is 472 Å². The summed E-state index contributed by atoms with van der Waals surface area (Å²) in [6.07, 6.45) is 10.2. The Balaban J connectivity index is 0.866. The van der Waals surface area contributed by atoms with E-state index in [1.165, 1.54) is 16.7 Å². The van der Waals surface area contributed by atoms with Gasteiger partial charge in [-0.3, -0.25) is 48.1 Å². The van der Waals surface area contributed by atoms with Gasteiger partial charge in [-0.15, -0.1) is 0 Å². The molecule has 0 spiro atoms. The molecule has 0 radical (unpaired) electrons. The molecule has 4 aliphatic carbocycles. The van der Waals surface area contributed by atoms with Crippen LogP contribution in [-0.2, 0) is 68.7 Å². The average Bonchev–Trinajstić information content (AvgIpc) is 2.98. The number of nitrogens with two attached hydrogens (primary N) is 1. The van der Waals surface area contributed by atoms with Gasteiger partial charge in [0.1, 0.15) is 6.61 Å². The minimum absolute atomic E-state index is 0.0206. The van der Waals surface area contributed by atoms with Crippen LogP contribution in [0.1, 0.15) is 143 Å². The van der Waals surface area contributed by atoms with E-state index in [1.807, 2.05) is 19.9 Å². The molecule has 7 rings (SSSR count). The minimum atomic E-state index is -1.47. The molecule has 2 unspecified atom stereocenters. The van der Waals surface area contributed by atoms with E-state index in [9.17, 15) is 53.1 Å². The number of ether oxygens (including phenoxy) is 4. The number of anilines is 1. The number of nitrogens with one attached hydrogen (secondary N) is 3. The number of aliphatic hydroxyl groups is 1. The van der Waals surface area contributed by atoms with Crippen molar-refractivity contribution >= 4 is 76.4 Å². The molecule has 0 aromatic heterocycles. The molecule has 20 nitrogen and oxygen atoms in total. The Kier molecular flexibility index (Phi) is 20.8. The first-order valence-corrected chi connectivity index (χ1v) is 29.8. The third-order valence-corrected chi connectivity index (χ3v) is 18.6. The summed E-state index contributed by atoms with van der Waals surface area (Å²) in [6, 6.07) is 4.89. The molecule has 1 aromatic carbocycles. The molecule has 2 saturated heterocycles. The Morgan fingerprint density at radius 2 is 1.69 bits per heavy atom. The molecular weight excluding hydrogens is 1050 g/mol. The lowest BCUT2D eigenvalue weighted by Gasteiger charge is -2.59. The van der Waals surface area contributed by atoms with Crippen LogP contribution in [0.4, 0.5) is 10.5 Å². The maximum atomic E-state index is 14.6. The van der Waals surface area contributed by atoms with E-state index < -0.39 is 83.2 Å². The van der Waals surface area contributed by atoms with Gasteiger partial charge in [0.05, 0.1) is 36.3 Å². The number of urea groups is 1. The van der Waals surface area contributed by atoms with Crippen LogP contribution in [0.25, 0.3) is 0 Å². The standard InChI is InChI=1S/C59H81N5O15S/c1-7-12-51-78-46-29-41-40-20-17-37-28-39(65)23-24-57(37,4)52(40)43(67)31-58(41,5)59(46,79-51)45(68)33-77-50(72)22-21-49(71)76-32-35-15-18-38(19-16-35)62-54(73)36(13-11-25-61-56(60)75)27-42(66)53(34(2)3)63-47(69)14-9-8-10-26-64-48(70)30-44(80-6)55(64)74/h15-16,18-19,23-24,28,34,36,40-41,43-44,46,51-53,67H,7-14,17,20-22,25-27,29-33H2,1-6H3,(H,62,73)(H,63,69)(H3,60,61,75)/t36-,40+,41+,43+,44?,46-,51?,52-,53+,57+,58+,59-/m1/s1. The van der Waals surface area contributed by atoms with E-state index >= 15 is 0 Å². The number of likely N-dealkylation sites (tertiary alicyclic amines) is 1. The molecule has 80 heavy (non-hydrogen) atoms. The number of ketones is 3. The van der Waals surface area contributed by atoms with Gasteiger partial charge < -0.3 is 45.7 Å². The number of hydrogen-bond donors (Lipinski definition) is 5. The number of allylic oxidation sites excluding steroid dienone is 4. The van der Waals surface area contributed by atoms with Crippen LogP contribution in [0.3, 0.4) is 0 Å². The molecule has 0 bridgehead atoms. The van der Waals surface area contributed by atoms with E-state index in [4.69, 9.17) is 24.7 Å². The highest BCUT2D eigenvalue weighted by Crippen LogP contribution is 2.69. The summed E-state index contributed by atoms with van der Waals surface area (Å²) in [5, 5.41) is 19.8. The summed E-state index contributed by atoms with van der Waals surface area (Å²) in [4.78, 5) is 131. The first-order chi connectivity index (χ1) is 38.0. The number of imide groups is 1. The molecule has 21 heteroatoms. The van der Waals surface area contributed by atoms with E-state index in [1.54, 1.807) is 56.5 Å². The highest BCUT2D eigenvalue weighted by Gasteiger charge is 2.76. The summed E-state index contributed by atoms with van der Waals surface area (Å²) in [5.41, 5.74) is 4.41. The molecule has 2 heterocycles. The van der Waals surface area contributed by atoms with Crippen molar-refractivity contribution in [3.63, 3.8) is 0 Å². The number of carbonyl (C=O) groups is 10. The Morgan fingerprint density at radius 3 is 2.36 bits per heavy atom. The van der Waals surface area contributed by atoms with Crippen molar-refractivity contribution < 1.29 is 72.0 Å². The SMILES string of the molecule is CCCC1O[C@@H]2C[C@H]3[C@@H]4CCC5=CC(=O)C=C[C@]5(C)[C@H]4[C@@H](O)C[C@]3(C)[C@]2(C(=O)COC(=O)CCC(=O)OCc2ccc(NC(=O)[C@H](CCCNC(N)=O)CC(=O)[C@@H](NC(=O)CCCCCN3C(=O)CC(SC)C3=O)C(C)C)cc2)O1. The third-order valence-electron chi connectivity index (χ3n) is 17.7. The van der Waals surface area contributed by atoms with Gasteiger partial charge in [-0.25, -0.2) is 4.79 Å². The smallest absolute Gasteiger partial charge is 0.312 e. The normalized spacial score (nSPS) is 29.1. The largest absolute Gasteiger partial charge is 0.461 e.